The van der Waals surface area contributed by atoms with Crippen molar-refractivity contribution in [3.63, 3.8) is 0 Å². The minimum atomic E-state index is 0.445. The van der Waals surface area contributed by atoms with E-state index < -0.39 is 0 Å². The number of nitrogens with one attached hydrogen (secondary N) is 1. The molecule has 0 unspecified atom stereocenters. The van der Waals surface area contributed by atoms with E-state index in [2.05, 4.69) is 33.4 Å². The summed E-state index contributed by atoms with van der Waals surface area (Å²) in [4.78, 5) is 0. The smallest absolute Gasteiger partial charge is 0.0634 e. The molecule has 0 aliphatic carbocycles. The molecule has 0 spiro atoms. The number of benzene rings is 3. The summed E-state index contributed by atoms with van der Waals surface area (Å²) in [6.07, 6.45) is 0. The second-order valence-electron chi connectivity index (χ2n) is 4.62. The molecule has 3 rings (SSSR count). The van der Waals surface area contributed by atoms with E-state index in [4.69, 9.17) is 28.9 Å². The summed E-state index contributed by atoms with van der Waals surface area (Å²) in [7, 11) is 0. The van der Waals surface area contributed by atoms with Crippen molar-refractivity contribution < 1.29 is 0 Å². The number of hydrogen-bond acceptors (Lipinski definition) is 2. The summed E-state index contributed by atoms with van der Waals surface area (Å²) < 4.78 is 1.05. The average Bonchev–Trinajstić information content (AvgIpc) is 2.48. The van der Waals surface area contributed by atoms with E-state index in [-0.39, 0.29) is 0 Å². The third-order valence-corrected chi connectivity index (χ3v) is 4.65. The average molecular weight is 382 g/mol. The maximum Gasteiger partial charge on any atom is 0.0634 e. The summed E-state index contributed by atoms with van der Waals surface area (Å²) in [5.74, 6) is 0. The Labute approximate surface area is 141 Å². The molecule has 0 aliphatic rings. The number of nitrogen functional groups attached to an aromatic ring is 1. The van der Waals surface area contributed by atoms with Crippen LogP contribution in [0.4, 0.5) is 17.1 Å². The number of rotatable bonds is 2. The van der Waals surface area contributed by atoms with E-state index in [1.165, 1.54) is 0 Å². The van der Waals surface area contributed by atoms with E-state index in [0.717, 1.165) is 26.6 Å². The van der Waals surface area contributed by atoms with Crippen molar-refractivity contribution in [2.75, 3.05) is 11.1 Å². The highest BCUT2D eigenvalue weighted by atomic mass is 79.9. The summed E-state index contributed by atoms with van der Waals surface area (Å²) in [6, 6.07) is 15.5. The van der Waals surface area contributed by atoms with Gasteiger partial charge in [-0.1, -0.05) is 63.4 Å². The van der Waals surface area contributed by atoms with Crippen LogP contribution in [0.25, 0.3) is 10.8 Å². The summed E-state index contributed by atoms with van der Waals surface area (Å²) in [6.45, 7) is 0. The third-order valence-electron chi connectivity index (χ3n) is 3.23. The first-order valence-corrected chi connectivity index (χ1v) is 7.80. The summed E-state index contributed by atoms with van der Waals surface area (Å²) in [5, 5.41) is 6.45. The van der Waals surface area contributed by atoms with Gasteiger partial charge in [-0.3, -0.25) is 0 Å². The molecular weight excluding hydrogens is 371 g/mol. The van der Waals surface area contributed by atoms with Crippen molar-refractivity contribution in [2.24, 2.45) is 0 Å². The van der Waals surface area contributed by atoms with Gasteiger partial charge < -0.3 is 11.1 Å². The lowest BCUT2D eigenvalue weighted by Crippen LogP contribution is -1.97. The van der Waals surface area contributed by atoms with Crippen LogP contribution < -0.4 is 11.1 Å². The van der Waals surface area contributed by atoms with Crippen LogP contribution in [0.3, 0.4) is 0 Å². The molecule has 0 aliphatic heterocycles. The Kier molecular flexibility index (Phi) is 3.98. The SMILES string of the molecule is Nc1cc(Cl)c(Cl)cc1Nc1ccc(Br)c2ccccc12. The molecule has 106 valence electrons. The molecule has 0 aromatic heterocycles. The largest absolute Gasteiger partial charge is 0.397 e. The standard InChI is InChI=1S/C16H11BrCl2N2/c17-11-5-6-15(10-4-2-1-3-9(10)11)21-16-8-13(19)12(18)7-14(16)20/h1-8,21H,20H2. The number of anilines is 3. The monoisotopic (exact) mass is 380 g/mol. The van der Waals surface area contributed by atoms with Crippen LogP contribution in [0.5, 0.6) is 0 Å². The number of halogens is 3. The van der Waals surface area contributed by atoms with Crippen molar-refractivity contribution >= 4 is 67.0 Å². The van der Waals surface area contributed by atoms with Crippen molar-refractivity contribution in [3.8, 4) is 0 Å². The predicted molar refractivity (Wildman–Crippen MR) is 95.8 cm³/mol. The summed E-state index contributed by atoms with van der Waals surface area (Å²) >= 11 is 15.6. The lowest BCUT2D eigenvalue weighted by atomic mass is 10.1. The maximum atomic E-state index is 6.06. The first-order valence-electron chi connectivity index (χ1n) is 6.25. The minimum Gasteiger partial charge on any atom is -0.397 e. The van der Waals surface area contributed by atoms with E-state index in [1.54, 1.807) is 12.1 Å². The van der Waals surface area contributed by atoms with Gasteiger partial charge in [0.05, 0.1) is 21.4 Å². The van der Waals surface area contributed by atoms with Crippen LogP contribution >= 0.6 is 39.1 Å². The fourth-order valence-electron chi connectivity index (χ4n) is 2.19. The third kappa shape index (κ3) is 2.82. The molecule has 21 heavy (non-hydrogen) atoms. The molecule has 0 fully saturated rings. The Morgan fingerprint density at radius 2 is 1.52 bits per heavy atom. The van der Waals surface area contributed by atoms with Gasteiger partial charge in [0.15, 0.2) is 0 Å². The van der Waals surface area contributed by atoms with Crippen LogP contribution in [0.15, 0.2) is 53.0 Å². The highest BCUT2D eigenvalue weighted by Gasteiger charge is 2.08. The molecule has 0 amide bonds. The lowest BCUT2D eigenvalue weighted by Gasteiger charge is -2.13. The van der Waals surface area contributed by atoms with E-state index in [9.17, 15) is 0 Å². The van der Waals surface area contributed by atoms with Gasteiger partial charge in [0.1, 0.15) is 0 Å². The van der Waals surface area contributed by atoms with Gasteiger partial charge in [0, 0.05) is 15.5 Å². The Morgan fingerprint density at radius 3 is 2.29 bits per heavy atom. The molecular formula is C16H11BrCl2N2. The molecule has 0 radical (unpaired) electrons. The predicted octanol–water partition coefficient (Wildman–Crippen LogP) is 6.23. The van der Waals surface area contributed by atoms with Crippen molar-refractivity contribution in [2.45, 2.75) is 0 Å². The van der Waals surface area contributed by atoms with Gasteiger partial charge in [-0.15, -0.1) is 0 Å². The Hall–Kier alpha value is -1.42. The van der Waals surface area contributed by atoms with Gasteiger partial charge in [-0.25, -0.2) is 0 Å². The van der Waals surface area contributed by atoms with E-state index >= 15 is 0 Å². The topological polar surface area (TPSA) is 38.0 Å². The van der Waals surface area contributed by atoms with Gasteiger partial charge >= 0.3 is 0 Å². The molecule has 3 N–H and O–H groups in total. The van der Waals surface area contributed by atoms with Crippen molar-refractivity contribution in [3.05, 3.63) is 63.0 Å². The quantitative estimate of drug-likeness (QED) is 0.516. The molecule has 3 aromatic carbocycles. The van der Waals surface area contributed by atoms with Crippen LogP contribution in [-0.2, 0) is 0 Å². The summed E-state index contributed by atoms with van der Waals surface area (Å²) in [5.41, 5.74) is 8.24. The molecule has 0 saturated carbocycles. The minimum absolute atomic E-state index is 0.445. The lowest BCUT2D eigenvalue weighted by molar-refractivity contribution is 1.56. The first-order chi connectivity index (χ1) is 10.1. The Balaban J connectivity index is 2.11. The molecule has 0 saturated heterocycles. The fraction of sp³-hybridized carbons (Fsp3) is 0. The van der Waals surface area contributed by atoms with Gasteiger partial charge in [0.2, 0.25) is 0 Å². The van der Waals surface area contributed by atoms with Gasteiger partial charge in [-0.05, 0) is 29.7 Å². The molecule has 0 bridgehead atoms. The normalized spacial score (nSPS) is 10.8. The van der Waals surface area contributed by atoms with E-state index in [1.807, 2.05) is 24.3 Å². The Bertz CT molecular complexity index is 834. The molecule has 0 atom stereocenters. The van der Waals surface area contributed by atoms with Crippen LogP contribution in [0, 0.1) is 0 Å². The maximum absolute atomic E-state index is 6.06. The van der Waals surface area contributed by atoms with Crippen LogP contribution in [0.2, 0.25) is 10.0 Å². The fourth-order valence-corrected chi connectivity index (χ4v) is 3.00. The van der Waals surface area contributed by atoms with Crippen LogP contribution in [0.1, 0.15) is 0 Å². The molecule has 2 nitrogen and oxygen atoms in total. The Morgan fingerprint density at radius 1 is 0.857 bits per heavy atom. The van der Waals surface area contributed by atoms with Crippen molar-refractivity contribution in [1.82, 2.24) is 0 Å². The number of hydrogen-bond donors (Lipinski definition) is 2. The second-order valence-corrected chi connectivity index (χ2v) is 6.29. The molecule has 5 heteroatoms. The van der Waals surface area contributed by atoms with Crippen LogP contribution in [-0.4, -0.2) is 0 Å². The van der Waals surface area contributed by atoms with E-state index in [0.29, 0.717) is 15.7 Å². The first kappa shape index (κ1) is 14.5. The molecule has 3 aromatic rings. The van der Waals surface area contributed by atoms with Crippen molar-refractivity contribution in [1.29, 1.82) is 0 Å². The number of nitrogens with two attached hydrogens (primary N) is 1. The van der Waals surface area contributed by atoms with Gasteiger partial charge in [0.25, 0.3) is 0 Å². The zero-order chi connectivity index (χ0) is 15.0. The zero-order valence-electron chi connectivity index (χ0n) is 10.8. The highest BCUT2D eigenvalue weighted by molar-refractivity contribution is 9.10. The number of fused-ring (bicyclic) bond motifs is 1. The zero-order valence-corrected chi connectivity index (χ0v) is 13.9. The second kappa shape index (κ2) is 5.76. The molecule has 0 heterocycles. The highest BCUT2D eigenvalue weighted by Crippen LogP contribution is 2.36. The van der Waals surface area contributed by atoms with Gasteiger partial charge in [-0.2, -0.15) is 0 Å².